The summed E-state index contributed by atoms with van der Waals surface area (Å²) in [5.41, 5.74) is 5.19. The number of methoxy groups -OCH3 is 1. The van der Waals surface area contributed by atoms with Crippen LogP contribution in [0.15, 0.2) is 60.8 Å². The number of anilines is 2. The van der Waals surface area contributed by atoms with Gasteiger partial charge in [0, 0.05) is 30.1 Å². The summed E-state index contributed by atoms with van der Waals surface area (Å²) in [5.74, 6) is 1.65. The van der Waals surface area contributed by atoms with E-state index in [9.17, 15) is 0 Å². The minimum Gasteiger partial charge on any atom is -0.497 e. The summed E-state index contributed by atoms with van der Waals surface area (Å²) in [4.78, 5) is 0. The number of nitrogens with one attached hydrogen (secondary N) is 2. The lowest BCUT2D eigenvalue weighted by Crippen LogP contribution is -2.19. The van der Waals surface area contributed by atoms with Crippen LogP contribution in [0.25, 0.3) is 5.76 Å². The predicted molar refractivity (Wildman–Crippen MR) is 122 cm³/mol. The van der Waals surface area contributed by atoms with E-state index >= 15 is 0 Å². The highest BCUT2D eigenvalue weighted by molar-refractivity contribution is 5.77. The normalized spacial score (nSPS) is 14.5. The van der Waals surface area contributed by atoms with Gasteiger partial charge in [-0.1, -0.05) is 39.5 Å². The maximum absolute atomic E-state index is 6.06. The van der Waals surface area contributed by atoms with Crippen molar-refractivity contribution in [2.75, 3.05) is 24.4 Å². The van der Waals surface area contributed by atoms with Crippen LogP contribution in [-0.2, 0) is 11.2 Å². The van der Waals surface area contributed by atoms with Crippen LogP contribution in [0.4, 0.5) is 11.4 Å². The van der Waals surface area contributed by atoms with Gasteiger partial charge in [-0.25, -0.2) is 0 Å². The molecule has 0 spiro atoms. The third kappa shape index (κ3) is 5.56. The van der Waals surface area contributed by atoms with Gasteiger partial charge < -0.3 is 20.1 Å². The molecule has 0 aromatic heterocycles. The molecule has 2 aromatic rings. The molecule has 4 heteroatoms. The average Bonchev–Trinajstić information content (AvgIpc) is 2.73. The van der Waals surface area contributed by atoms with Gasteiger partial charge in [-0.15, -0.1) is 0 Å². The highest BCUT2D eigenvalue weighted by atomic mass is 16.5. The second-order valence-corrected chi connectivity index (χ2v) is 6.44. The van der Waals surface area contributed by atoms with Crippen LogP contribution in [-0.4, -0.2) is 19.8 Å². The first-order valence-electron chi connectivity index (χ1n) is 9.92. The number of hydrogen-bond donors (Lipinski definition) is 2. The number of rotatable bonds is 7. The molecule has 1 aliphatic heterocycles. The molecule has 0 saturated carbocycles. The van der Waals surface area contributed by atoms with Gasteiger partial charge in [0.15, 0.2) is 0 Å². The maximum atomic E-state index is 6.06. The van der Waals surface area contributed by atoms with Crippen molar-refractivity contribution in [3.8, 4) is 5.75 Å². The van der Waals surface area contributed by atoms with Crippen LogP contribution in [0.3, 0.4) is 0 Å². The summed E-state index contributed by atoms with van der Waals surface area (Å²) in [6.45, 7) is 12.7. The standard InChI is InChI=1S/C22H26N2O2.C2H6.H2/c1-5-17-6-8-18(9-7-17)23-16(3)14-26-22-12-15(2)24-21-11-10-19(25-4)13-20(21)22;1-2;/h6-13,15,23-24H,3,5,14H2,1-2,4H3;1-2H3;1H. The van der Waals surface area contributed by atoms with E-state index in [2.05, 4.69) is 61.4 Å². The maximum Gasteiger partial charge on any atom is 0.127 e. The Morgan fingerprint density at radius 2 is 1.89 bits per heavy atom. The van der Waals surface area contributed by atoms with Gasteiger partial charge in [-0.05, 0) is 55.3 Å². The Labute approximate surface area is 170 Å². The number of benzene rings is 2. The highest BCUT2D eigenvalue weighted by Gasteiger charge is 2.18. The third-order valence-corrected chi connectivity index (χ3v) is 4.36. The fourth-order valence-electron chi connectivity index (χ4n) is 2.94. The minimum absolute atomic E-state index is 0. The molecule has 0 amide bonds. The number of hydrogen-bond acceptors (Lipinski definition) is 4. The Hall–Kier alpha value is -2.88. The second kappa shape index (κ2) is 10.5. The first-order valence-corrected chi connectivity index (χ1v) is 9.92. The van der Waals surface area contributed by atoms with E-state index in [0.717, 1.165) is 40.6 Å². The van der Waals surface area contributed by atoms with E-state index < -0.39 is 0 Å². The van der Waals surface area contributed by atoms with Gasteiger partial charge in [0.2, 0.25) is 0 Å². The highest BCUT2D eigenvalue weighted by Crippen LogP contribution is 2.33. The van der Waals surface area contributed by atoms with E-state index in [1.807, 2.05) is 32.0 Å². The van der Waals surface area contributed by atoms with Crippen LogP contribution in [0.5, 0.6) is 5.75 Å². The van der Waals surface area contributed by atoms with Crippen LogP contribution < -0.4 is 15.4 Å². The second-order valence-electron chi connectivity index (χ2n) is 6.44. The lowest BCUT2D eigenvalue weighted by atomic mass is 10.0. The molecule has 0 fully saturated rings. The molecule has 3 rings (SSSR count). The van der Waals surface area contributed by atoms with Gasteiger partial charge >= 0.3 is 0 Å². The molecular weight excluding hydrogens is 348 g/mol. The first-order chi connectivity index (χ1) is 13.6. The SMILES string of the molecule is C=C(COC1=CC(C)Nc2ccc(OC)cc21)Nc1ccc(CC)cc1.CC.[HH]. The van der Waals surface area contributed by atoms with E-state index in [-0.39, 0.29) is 7.47 Å². The van der Waals surface area contributed by atoms with Crippen molar-refractivity contribution < 1.29 is 10.9 Å². The van der Waals surface area contributed by atoms with Gasteiger partial charge in [0.1, 0.15) is 18.1 Å². The molecule has 1 heterocycles. The molecule has 28 heavy (non-hydrogen) atoms. The Bertz CT molecular complexity index is 816. The molecule has 1 unspecified atom stereocenters. The van der Waals surface area contributed by atoms with Crippen molar-refractivity contribution >= 4 is 17.1 Å². The fraction of sp³-hybridized carbons (Fsp3) is 0.333. The Morgan fingerprint density at radius 3 is 2.54 bits per heavy atom. The average molecular weight is 383 g/mol. The third-order valence-electron chi connectivity index (χ3n) is 4.36. The molecule has 0 radical (unpaired) electrons. The smallest absolute Gasteiger partial charge is 0.127 e. The van der Waals surface area contributed by atoms with Crippen LogP contribution in [0.1, 0.15) is 40.2 Å². The molecule has 4 nitrogen and oxygen atoms in total. The Kier molecular flexibility index (Phi) is 8.00. The molecule has 0 aliphatic carbocycles. The minimum atomic E-state index is 0. The van der Waals surface area contributed by atoms with E-state index in [4.69, 9.17) is 9.47 Å². The van der Waals surface area contributed by atoms with Crippen LogP contribution in [0.2, 0.25) is 0 Å². The molecule has 0 bridgehead atoms. The molecular formula is C24H34N2O2. The van der Waals surface area contributed by atoms with Crippen LogP contribution in [0, 0.1) is 0 Å². The molecule has 1 atom stereocenters. The summed E-state index contributed by atoms with van der Waals surface area (Å²) in [6, 6.07) is 14.5. The largest absolute Gasteiger partial charge is 0.497 e. The molecule has 2 aromatic carbocycles. The van der Waals surface area contributed by atoms with E-state index in [1.165, 1.54) is 5.56 Å². The van der Waals surface area contributed by atoms with Crippen molar-refractivity contribution in [1.29, 1.82) is 0 Å². The number of fused-ring (bicyclic) bond motifs is 1. The van der Waals surface area contributed by atoms with E-state index in [1.54, 1.807) is 7.11 Å². The quantitative estimate of drug-likeness (QED) is 0.587. The summed E-state index contributed by atoms with van der Waals surface area (Å²) in [6.07, 6.45) is 3.11. The number of ether oxygens (including phenoxy) is 2. The van der Waals surface area contributed by atoms with Gasteiger partial charge in [-0.3, -0.25) is 0 Å². The summed E-state index contributed by atoms with van der Waals surface area (Å²) in [5, 5.41) is 6.73. The van der Waals surface area contributed by atoms with Crippen molar-refractivity contribution in [3.05, 3.63) is 71.9 Å². The first kappa shape index (κ1) is 21.4. The lowest BCUT2D eigenvalue weighted by Gasteiger charge is -2.25. The zero-order chi connectivity index (χ0) is 20.5. The van der Waals surface area contributed by atoms with Gasteiger partial charge in [-0.2, -0.15) is 0 Å². The lowest BCUT2D eigenvalue weighted by molar-refractivity contribution is 0.309. The van der Waals surface area contributed by atoms with Crippen molar-refractivity contribution in [2.24, 2.45) is 0 Å². The zero-order valence-electron chi connectivity index (χ0n) is 17.6. The van der Waals surface area contributed by atoms with Gasteiger partial charge in [0.25, 0.3) is 0 Å². The fourth-order valence-corrected chi connectivity index (χ4v) is 2.94. The Balaban J connectivity index is 0.00000136. The molecule has 0 saturated heterocycles. The van der Waals surface area contributed by atoms with Crippen molar-refractivity contribution in [3.63, 3.8) is 0 Å². The van der Waals surface area contributed by atoms with Crippen LogP contribution >= 0.6 is 0 Å². The summed E-state index contributed by atoms with van der Waals surface area (Å²) < 4.78 is 11.4. The molecule has 152 valence electrons. The Morgan fingerprint density at radius 1 is 1.18 bits per heavy atom. The predicted octanol–water partition coefficient (Wildman–Crippen LogP) is 6.33. The topological polar surface area (TPSA) is 42.5 Å². The van der Waals surface area contributed by atoms with Crippen molar-refractivity contribution in [2.45, 2.75) is 40.2 Å². The monoisotopic (exact) mass is 382 g/mol. The zero-order valence-corrected chi connectivity index (χ0v) is 17.6. The number of aryl methyl sites for hydroxylation is 1. The molecule has 2 N–H and O–H groups in total. The van der Waals surface area contributed by atoms with E-state index in [0.29, 0.717) is 6.61 Å². The molecule has 1 aliphatic rings. The summed E-state index contributed by atoms with van der Waals surface area (Å²) >= 11 is 0. The van der Waals surface area contributed by atoms with Gasteiger partial charge in [0.05, 0.1) is 7.11 Å². The summed E-state index contributed by atoms with van der Waals surface area (Å²) in [7, 11) is 1.67. The van der Waals surface area contributed by atoms with Crippen molar-refractivity contribution in [1.82, 2.24) is 0 Å².